The van der Waals surface area contributed by atoms with Crippen LogP contribution in [-0.2, 0) is 15.8 Å². The first-order valence-electron chi connectivity index (χ1n) is 16.6. The summed E-state index contributed by atoms with van der Waals surface area (Å²) in [5, 5.41) is 10.2. The Balaban J connectivity index is 1.30. The molecule has 264 valence electrons. The predicted octanol–water partition coefficient (Wildman–Crippen LogP) is 7.21. The molecule has 5 aromatic rings. The molecule has 12 heteroatoms. The lowest BCUT2D eigenvalue weighted by atomic mass is 10.1. The molecule has 1 aliphatic rings. The average molecular weight is 713 g/mol. The number of aromatic nitrogens is 3. The molecular formula is C39H39F3N4O4Si. The van der Waals surface area contributed by atoms with Crippen molar-refractivity contribution in [2.45, 2.75) is 50.9 Å². The highest BCUT2D eigenvalue weighted by molar-refractivity contribution is 6.99. The van der Waals surface area contributed by atoms with Gasteiger partial charge in [-0.05, 0) is 45.2 Å². The Hall–Kier alpha value is -5.04. The molecule has 8 nitrogen and oxygen atoms in total. The van der Waals surface area contributed by atoms with Crippen molar-refractivity contribution >= 4 is 24.7 Å². The van der Waals surface area contributed by atoms with E-state index in [-0.39, 0.29) is 23.9 Å². The molecule has 1 aliphatic heterocycles. The van der Waals surface area contributed by atoms with E-state index in [0.717, 1.165) is 20.6 Å². The van der Waals surface area contributed by atoms with Crippen LogP contribution in [0.1, 0.15) is 26.3 Å². The molecular weight excluding hydrogens is 674 g/mol. The van der Waals surface area contributed by atoms with Crippen LogP contribution in [0.2, 0.25) is 5.04 Å². The molecule has 51 heavy (non-hydrogen) atoms. The second-order valence-electron chi connectivity index (χ2n) is 13.3. The van der Waals surface area contributed by atoms with Gasteiger partial charge in [-0.3, -0.25) is 0 Å². The van der Waals surface area contributed by atoms with E-state index in [9.17, 15) is 18.0 Å². The van der Waals surface area contributed by atoms with Crippen LogP contribution in [0.3, 0.4) is 0 Å². The number of hydrogen-bond donors (Lipinski definition) is 0. The van der Waals surface area contributed by atoms with Gasteiger partial charge in [0.05, 0.1) is 38.1 Å². The minimum Gasteiger partial charge on any atom is -0.406 e. The zero-order valence-corrected chi connectivity index (χ0v) is 29.5. The third kappa shape index (κ3) is 8.30. The van der Waals surface area contributed by atoms with Gasteiger partial charge < -0.3 is 18.8 Å². The summed E-state index contributed by atoms with van der Waals surface area (Å²) in [6, 6.07) is 34.7. The lowest BCUT2D eigenvalue weighted by Gasteiger charge is -2.46. The van der Waals surface area contributed by atoms with Gasteiger partial charge in [-0.15, -0.1) is 18.3 Å². The predicted molar refractivity (Wildman–Crippen MR) is 191 cm³/mol. The van der Waals surface area contributed by atoms with Crippen molar-refractivity contribution in [2.75, 3.05) is 13.2 Å². The molecule has 0 spiro atoms. The number of benzene rings is 4. The first kappa shape index (κ1) is 35.8. The lowest BCUT2D eigenvalue weighted by molar-refractivity contribution is -0.274. The van der Waals surface area contributed by atoms with Crippen molar-refractivity contribution in [3.8, 4) is 17.0 Å². The van der Waals surface area contributed by atoms with Crippen LogP contribution in [0, 0.1) is 0 Å². The summed E-state index contributed by atoms with van der Waals surface area (Å²) in [7, 11) is -2.97. The molecule has 0 radical (unpaired) electrons. The number of hydrogen-bond acceptors (Lipinski definition) is 6. The first-order chi connectivity index (χ1) is 24.4. The van der Waals surface area contributed by atoms with Gasteiger partial charge in [0.15, 0.2) is 0 Å². The number of alkyl halides is 3. The van der Waals surface area contributed by atoms with Crippen LogP contribution < -0.4 is 15.1 Å². The number of halogens is 3. The van der Waals surface area contributed by atoms with E-state index >= 15 is 0 Å². The van der Waals surface area contributed by atoms with Gasteiger partial charge in [0.1, 0.15) is 11.4 Å². The number of carbonyl (C=O) groups excluding carboxylic acids is 1. The molecule has 2 heterocycles. The Kier molecular flexibility index (Phi) is 10.6. The zero-order chi connectivity index (χ0) is 36.1. The second kappa shape index (κ2) is 15.1. The van der Waals surface area contributed by atoms with E-state index in [0.29, 0.717) is 17.9 Å². The van der Waals surface area contributed by atoms with Crippen molar-refractivity contribution in [3.05, 3.63) is 139 Å². The SMILES string of the molecule is CC(C)(C)[Si](O[C@@H]1C=C[C@H](COCc2ccccc2)N(C(=O)n2cc(-c3ccc(OC(F)(F)F)cc3)nn2)C1)(c1ccccc1)c1ccccc1. The number of carbonyl (C=O) groups is 1. The highest BCUT2D eigenvalue weighted by atomic mass is 28.4. The van der Waals surface area contributed by atoms with Crippen LogP contribution in [-0.4, -0.2) is 65.9 Å². The molecule has 0 N–H and O–H groups in total. The van der Waals surface area contributed by atoms with Crippen molar-refractivity contribution in [1.29, 1.82) is 0 Å². The fourth-order valence-electron chi connectivity index (χ4n) is 6.43. The highest BCUT2D eigenvalue weighted by Gasteiger charge is 2.52. The third-order valence-electron chi connectivity index (χ3n) is 8.79. The Morgan fingerprint density at radius 2 is 1.41 bits per heavy atom. The monoisotopic (exact) mass is 712 g/mol. The molecule has 0 saturated carbocycles. The van der Waals surface area contributed by atoms with Gasteiger partial charge in [0, 0.05) is 5.56 Å². The minimum atomic E-state index is -4.81. The third-order valence-corrected chi connectivity index (χ3v) is 13.9. The fraction of sp³-hybridized carbons (Fsp3) is 0.256. The first-order valence-corrected chi connectivity index (χ1v) is 18.5. The highest BCUT2D eigenvalue weighted by Crippen LogP contribution is 2.38. The molecule has 0 unspecified atom stereocenters. The van der Waals surface area contributed by atoms with E-state index in [4.69, 9.17) is 9.16 Å². The maximum Gasteiger partial charge on any atom is 0.573 e. The largest absolute Gasteiger partial charge is 0.573 e. The summed E-state index contributed by atoms with van der Waals surface area (Å²) in [6.07, 6.45) is 0.165. The zero-order valence-electron chi connectivity index (χ0n) is 28.5. The summed E-state index contributed by atoms with van der Waals surface area (Å²) in [4.78, 5) is 15.9. The Morgan fingerprint density at radius 1 is 0.824 bits per heavy atom. The molecule has 6 rings (SSSR count). The molecule has 2 atom stereocenters. The van der Waals surface area contributed by atoms with E-state index in [1.54, 1.807) is 4.90 Å². The summed E-state index contributed by atoms with van der Waals surface area (Å²) in [5.74, 6) is -0.361. The van der Waals surface area contributed by atoms with Crippen molar-refractivity contribution in [1.82, 2.24) is 19.9 Å². The van der Waals surface area contributed by atoms with E-state index in [1.807, 2.05) is 78.9 Å². The van der Waals surface area contributed by atoms with E-state index in [2.05, 4.69) is 60.1 Å². The van der Waals surface area contributed by atoms with Crippen LogP contribution in [0.15, 0.2) is 134 Å². The van der Waals surface area contributed by atoms with Crippen LogP contribution >= 0.6 is 0 Å². The number of rotatable bonds is 10. The maximum atomic E-state index is 14.3. The second-order valence-corrected chi connectivity index (χ2v) is 17.6. The molecule has 1 aromatic heterocycles. The van der Waals surface area contributed by atoms with Gasteiger partial charge in [0.2, 0.25) is 0 Å². The fourth-order valence-corrected chi connectivity index (χ4v) is 11.0. The standard InChI is InChI=1S/C39H39F3N4O4Si/c1-38(2,3)51(34-15-9-5-10-16-34,35-17-11-6-12-18-35)50-33-24-21-31(28-48-27-29-13-7-4-8-14-29)45(25-33)37(47)46-26-36(43-44-46)30-19-22-32(23-20-30)49-39(40,41)42/h4-24,26,31,33H,25,27-28H2,1-3H3/t31-,33-/m1/s1. The topological polar surface area (TPSA) is 78.7 Å². The summed E-state index contributed by atoms with van der Waals surface area (Å²) < 4.78 is 56.6. The summed E-state index contributed by atoms with van der Waals surface area (Å²) in [6.45, 7) is 7.43. The number of amides is 1. The summed E-state index contributed by atoms with van der Waals surface area (Å²) in [5.41, 5.74) is 1.79. The van der Waals surface area contributed by atoms with Crippen LogP contribution in [0.25, 0.3) is 11.3 Å². The van der Waals surface area contributed by atoms with Crippen LogP contribution in [0.5, 0.6) is 5.75 Å². The van der Waals surface area contributed by atoms with Gasteiger partial charge in [-0.25, -0.2) is 4.79 Å². The average Bonchev–Trinajstić information content (AvgIpc) is 3.62. The molecule has 0 fully saturated rings. The Bertz CT molecular complexity index is 1880. The minimum absolute atomic E-state index is 0.220. The summed E-state index contributed by atoms with van der Waals surface area (Å²) >= 11 is 0. The Morgan fingerprint density at radius 3 is 1.98 bits per heavy atom. The van der Waals surface area contributed by atoms with Gasteiger partial charge in [-0.2, -0.15) is 4.68 Å². The quantitative estimate of drug-likeness (QED) is 0.113. The van der Waals surface area contributed by atoms with Gasteiger partial charge in [-0.1, -0.05) is 129 Å². The molecule has 0 aliphatic carbocycles. The smallest absolute Gasteiger partial charge is 0.406 e. The maximum absolute atomic E-state index is 14.3. The van der Waals surface area contributed by atoms with Gasteiger partial charge in [0.25, 0.3) is 8.32 Å². The van der Waals surface area contributed by atoms with E-state index < -0.39 is 32.9 Å². The molecule has 0 bridgehead atoms. The number of nitrogens with zero attached hydrogens (tertiary/aromatic N) is 4. The van der Waals surface area contributed by atoms with Crippen molar-refractivity contribution in [2.24, 2.45) is 0 Å². The van der Waals surface area contributed by atoms with Crippen LogP contribution in [0.4, 0.5) is 18.0 Å². The Labute approximate surface area is 296 Å². The molecule has 1 amide bonds. The molecule has 4 aromatic carbocycles. The molecule has 0 saturated heterocycles. The number of ether oxygens (including phenoxy) is 2. The lowest BCUT2D eigenvalue weighted by Crippen LogP contribution is -2.68. The van der Waals surface area contributed by atoms with Crippen molar-refractivity contribution < 1.29 is 31.9 Å². The van der Waals surface area contributed by atoms with Crippen molar-refractivity contribution in [3.63, 3.8) is 0 Å². The normalized spacial score (nSPS) is 16.6. The van der Waals surface area contributed by atoms with E-state index in [1.165, 1.54) is 30.5 Å². The van der Waals surface area contributed by atoms with Gasteiger partial charge >= 0.3 is 12.4 Å².